The number of rotatable bonds is 5. The highest BCUT2D eigenvalue weighted by atomic mass is 16.5. The van der Waals surface area contributed by atoms with Crippen LogP contribution in [0.5, 0.6) is 5.75 Å². The fraction of sp³-hybridized carbons (Fsp3) is 0.300. The molecule has 0 atom stereocenters. The predicted octanol–water partition coefficient (Wildman–Crippen LogP) is 0.973. The number of hydrogen-bond acceptors (Lipinski definition) is 5. The largest absolute Gasteiger partial charge is 0.496 e. The first-order chi connectivity index (χ1) is 13.2. The van der Waals surface area contributed by atoms with Gasteiger partial charge < -0.3 is 14.8 Å². The molecular formula is C20H23BN2O5. The molecule has 3 rings (SSSR count). The minimum absolute atomic E-state index is 0.286. The van der Waals surface area contributed by atoms with Gasteiger partial charge in [0.05, 0.1) is 12.6 Å². The average molecular weight is 382 g/mol. The van der Waals surface area contributed by atoms with Gasteiger partial charge in [0.2, 0.25) is 0 Å². The summed E-state index contributed by atoms with van der Waals surface area (Å²) in [6, 6.07) is 9.82. The van der Waals surface area contributed by atoms with E-state index in [2.05, 4.69) is 5.43 Å². The Balaban J connectivity index is 1.95. The molecule has 0 spiro atoms. The van der Waals surface area contributed by atoms with E-state index in [9.17, 15) is 19.6 Å². The lowest BCUT2D eigenvalue weighted by molar-refractivity contribution is 0.0385. The number of hydrogen-bond donors (Lipinski definition) is 3. The van der Waals surface area contributed by atoms with Crippen LogP contribution in [0.4, 0.5) is 0 Å². The van der Waals surface area contributed by atoms with Gasteiger partial charge >= 0.3 is 7.12 Å². The number of fused-ring (bicyclic) bond motifs is 1. The van der Waals surface area contributed by atoms with E-state index in [1.54, 1.807) is 51.3 Å². The molecule has 146 valence electrons. The van der Waals surface area contributed by atoms with Crippen LogP contribution >= 0.6 is 0 Å². The van der Waals surface area contributed by atoms with Crippen molar-refractivity contribution >= 4 is 24.4 Å². The summed E-state index contributed by atoms with van der Waals surface area (Å²) < 4.78 is 5.34. The maximum absolute atomic E-state index is 13.0. The van der Waals surface area contributed by atoms with E-state index >= 15 is 0 Å². The molecule has 2 aromatic carbocycles. The highest BCUT2D eigenvalue weighted by Crippen LogP contribution is 2.37. The van der Waals surface area contributed by atoms with Crippen molar-refractivity contribution in [2.75, 3.05) is 7.11 Å². The second-order valence-electron chi connectivity index (χ2n) is 7.16. The molecule has 2 amide bonds. The van der Waals surface area contributed by atoms with Crippen LogP contribution in [0.25, 0.3) is 0 Å². The maximum Gasteiger partial charge on any atom is 0.488 e. The van der Waals surface area contributed by atoms with Crippen LogP contribution in [0.3, 0.4) is 0 Å². The quantitative estimate of drug-likeness (QED) is 0.670. The molecule has 3 N–H and O–H groups in total. The summed E-state index contributed by atoms with van der Waals surface area (Å²) in [5, 5.41) is 20.2. The van der Waals surface area contributed by atoms with Crippen molar-refractivity contribution in [3.05, 3.63) is 58.7 Å². The smallest absolute Gasteiger partial charge is 0.488 e. The lowest BCUT2D eigenvalue weighted by Crippen LogP contribution is -2.51. The van der Waals surface area contributed by atoms with Crippen molar-refractivity contribution in [2.45, 2.75) is 32.7 Å². The molecule has 2 aromatic rings. The lowest BCUT2D eigenvalue weighted by atomic mass is 9.77. The van der Waals surface area contributed by atoms with Crippen LogP contribution in [0, 0.1) is 0 Å². The average Bonchev–Trinajstić information content (AvgIpc) is 2.87. The van der Waals surface area contributed by atoms with Crippen LogP contribution in [-0.4, -0.2) is 41.1 Å². The Labute approximate surface area is 164 Å². The Hall–Kier alpha value is -2.84. The van der Waals surface area contributed by atoms with Gasteiger partial charge in [-0.3, -0.25) is 15.0 Å². The zero-order chi connectivity index (χ0) is 20.6. The molecule has 0 aliphatic carbocycles. The van der Waals surface area contributed by atoms with Crippen LogP contribution in [0.1, 0.15) is 52.6 Å². The van der Waals surface area contributed by atoms with Crippen LogP contribution < -0.4 is 15.6 Å². The standard InChI is InChI=1S/C20H23BN2O5/c1-5-13-14(7-6-8-17(13)28-4)18(24)22-23-19(25)15-10-9-12(21(26)27)11-16(15)20(23,2)3/h6-11,26-27H,5H2,1-4H3,(H,22,24). The summed E-state index contributed by atoms with van der Waals surface area (Å²) in [5.41, 5.74) is 4.37. The minimum atomic E-state index is -1.64. The van der Waals surface area contributed by atoms with E-state index in [1.165, 1.54) is 11.1 Å². The van der Waals surface area contributed by atoms with Gasteiger partial charge in [0.25, 0.3) is 11.8 Å². The van der Waals surface area contributed by atoms with E-state index in [-0.39, 0.29) is 11.4 Å². The Morgan fingerprint density at radius 2 is 1.96 bits per heavy atom. The number of carbonyl (C=O) groups excluding carboxylic acids is 2. The summed E-state index contributed by atoms with van der Waals surface area (Å²) in [5.74, 6) is -0.146. The van der Waals surface area contributed by atoms with E-state index < -0.39 is 18.6 Å². The van der Waals surface area contributed by atoms with Crippen molar-refractivity contribution in [1.29, 1.82) is 0 Å². The molecule has 1 aliphatic rings. The number of methoxy groups -OCH3 is 1. The van der Waals surface area contributed by atoms with Gasteiger partial charge in [-0.05, 0) is 49.5 Å². The third-order valence-electron chi connectivity index (χ3n) is 5.16. The lowest BCUT2D eigenvalue weighted by Gasteiger charge is -2.32. The number of ether oxygens (including phenoxy) is 1. The molecule has 0 radical (unpaired) electrons. The van der Waals surface area contributed by atoms with Crippen molar-refractivity contribution in [3.8, 4) is 5.75 Å². The second-order valence-corrected chi connectivity index (χ2v) is 7.16. The molecule has 0 bridgehead atoms. The first-order valence-corrected chi connectivity index (χ1v) is 9.04. The fourth-order valence-electron chi connectivity index (χ4n) is 3.60. The molecule has 0 saturated heterocycles. The van der Waals surface area contributed by atoms with Crippen molar-refractivity contribution in [3.63, 3.8) is 0 Å². The van der Waals surface area contributed by atoms with E-state index in [1.807, 2.05) is 6.92 Å². The van der Waals surface area contributed by atoms with Gasteiger partial charge in [0.1, 0.15) is 5.75 Å². The van der Waals surface area contributed by atoms with Gasteiger partial charge in [-0.1, -0.05) is 25.1 Å². The number of benzene rings is 2. The highest BCUT2D eigenvalue weighted by Gasteiger charge is 2.44. The van der Waals surface area contributed by atoms with Crippen molar-refractivity contribution in [1.82, 2.24) is 10.4 Å². The van der Waals surface area contributed by atoms with Gasteiger partial charge in [-0.2, -0.15) is 0 Å². The normalized spacial score (nSPS) is 14.6. The number of carbonyl (C=O) groups is 2. The minimum Gasteiger partial charge on any atom is -0.496 e. The van der Waals surface area contributed by atoms with Gasteiger partial charge in [0.15, 0.2) is 0 Å². The van der Waals surface area contributed by atoms with Crippen LogP contribution in [0.15, 0.2) is 36.4 Å². The third-order valence-corrected chi connectivity index (χ3v) is 5.16. The third kappa shape index (κ3) is 3.14. The molecule has 8 heteroatoms. The number of amides is 2. The molecule has 0 aromatic heterocycles. The molecule has 0 saturated carbocycles. The fourth-order valence-corrected chi connectivity index (χ4v) is 3.60. The van der Waals surface area contributed by atoms with Gasteiger partial charge in [0, 0.05) is 16.7 Å². The molecule has 1 heterocycles. The maximum atomic E-state index is 13.0. The summed E-state index contributed by atoms with van der Waals surface area (Å²) in [6.07, 6.45) is 0.599. The predicted molar refractivity (Wildman–Crippen MR) is 105 cm³/mol. The monoisotopic (exact) mass is 382 g/mol. The molecule has 28 heavy (non-hydrogen) atoms. The molecular weight excluding hydrogens is 359 g/mol. The summed E-state index contributed by atoms with van der Waals surface area (Å²) in [7, 11) is -0.0867. The molecule has 0 unspecified atom stereocenters. The molecule has 0 fully saturated rings. The topological polar surface area (TPSA) is 99.1 Å². The van der Waals surface area contributed by atoms with Crippen molar-refractivity contribution in [2.24, 2.45) is 0 Å². The van der Waals surface area contributed by atoms with Gasteiger partial charge in [-0.25, -0.2) is 5.01 Å². The first-order valence-electron chi connectivity index (χ1n) is 9.04. The Morgan fingerprint density at radius 1 is 1.25 bits per heavy atom. The van der Waals surface area contributed by atoms with Crippen LogP contribution in [-0.2, 0) is 12.0 Å². The molecule has 7 nitrogen and oxygen atoms in total. The SMILES string of the molecule is CCc1c(OC)cccc1C(=O)NN1C(=O)c2ccc(B(O)O)cc2C1(C)C. The number of nitrogens with one attached hydrogen (secondary N) is 1. The zero-order valence-corrected chi connectivity index (χ0v) is 16.3. The van der Waals surface area contributed by atoms with Crippen molar-refractivity contribution < 1.29 is 24.4 Å². The Kier molecular flexibility index (Phi) is 5.19. The number of hydrazine groups is 1. The Morgan fingerprint density at radius 3 is 2.57 bits per heavy atom. The van der Waals surface area contributed by atoms with E-state index in [4.69, 9.17) is 4.74 Å². The van der Waals surface area contributed by atoms with E-state index in [0.717, 1.165) is 5.56 Å². The van der Waals surface area contributed by atoms with Gasteiger partial charge in [-0.15, -0.1) is 0 Å². The summed E-state index contributed by atoms with van der Waals surface area (Å²) in [6.45, 7) is 5.50. The Bertz CT molecular complexity index is 942. The van der Waals surface area contributed by atoms with E-state index in [0.29, 0.717) is 28.9 Å². The molecule has 1 aliphatic heterocycles. The van der Waals surface area contributed by atoms with Crippen LogP contribution in [0.2, 0.25) is 0 Å². The second kappa shape index (κ2) is 7.29. The number of nitrogens with zero attached hydrogens (tertiary/aromatic N) is 1. The first kappa shape index (κ1) is 19.9. The summed E-state index contributed by atoms with van der Waals surface area (Å²) >= 11 is 0. The summed E-state index contributed by atoms with van der Waals surface area (Å²) in [4.78, 5) is 25.9. The highest BCUT2D eigenvalue weighted by molar-refractivity contribution is 6.58. The zero-order valence-electron chi connectivity index (χ0n) is 16.3.